The average molecular weight is 333 g/mol. The largest absolute Gasteiger partial charge is 0.490 e. The molecule has 2 rings (SSSR count). The number of rotatable bonds is 5. The number of benzene rings is 1. The zero-order chi connectivity index (χ0) is 15.7. The molecule has 0 saturated carbocycles. The SMILES string of the molecule is CC.NCCCN1CCC(Oc2ccc(Cl)c(Cl)c2)CC1. The molecule has 0 unspecified atom stereocenters. The van der Waals surface area contributed by atoms with Gasteiger partial charge >= 0.3 is 0 Å². The molecule has 3 nitrogen and oxygen atoms in total. The Morgan fingerprint density at radius 2 is 1.86 bits per heavy atom. The van der Waals surface area contributed by atoms with Crippen molar-refractivity contribution in [1.29, 1.82) is 0 Å². The Hall–Kier alpha value is -0.480. The fraction of sp³-hybridized carbons (Fsp3) is 0.625. The van der Waals surface area contributed by atoms with E-state index in [0.717, 1.165) is 51.2 Å². The maximum Gasteiger partial charge on any atom is 0.121 e. The Balaban J connectivity index is 0.00000106. The van der Waals surface area contributed by atoms with Crippen LogP contribution >= 0.6 is 23.2 Å². The number of ether oxygens (including phenoxy) is 1. The summed E-state index contributed by atoms with van der Waals surface area (Å²) in [6.45, 7) is 8.01. The molecule has 120 valence electrons. The van der Waals surface area contributed by atoms with Crippen molar-refractivity contribution in [2.45, 2.75) is 39.2 Å². The first-order chi connectivity index (χ1) is 10.2. The van der Waals surface area contributed by atoms with Crippen LogP contribution in [-0.2, 0) is 0 Å². The minimum absolute atomic E-state index is 0.270. The Morgan fingerprint density at radius 3 is 2.43 bits per heavy atom. The molecular weight excluding hydrogens is 307 g/mol. The first kappa shape index (κ1) is 18.6. The van der Waals surface area contributed by atoms with Gasteiger partial charge in [-0.15, -0.1) is 0 Å². The summed E-state index contributed by atoms with van der Waals surface area (Å²) in [6, 6.07) is 5.43. The minimum Gasteiger partial charge on any atom is -0.490 e. The summed E-state index contributed by atoms with van der Waals surface area (Å²) in [5.41, 5.74) is 5.53. The molecule has 21 heavy (non-hydrogen) atoms. The van der Waals surface area contributed by atoms with Crippen LogP contribution in [0.15, 0.2) is 18.2 Å². The minimum atomic E-state index is 0.270. The first-order valence-electron chi connectivity index (χ1n) is 7.73. The summed E-state index contributed by atoms with van der Waals surface area (Å²) in [4.78, 5) is 2.45. The molecule has 1 aromatic rings. The summed E-state index contributed by atoms with van der Waals surface area (Å²) in [7, 11) is 0. The number of nitrogens with two attached hydrogens (primary N) is 1. The van der Waals surface area contributed by atoms with Crippen molar-refractivity contribution in [3.8, 4) is 5.75 Å². The topological polar surface area (TPSA) is 38.5 Å². The standard InChI is InChI=1S/C14H20Cl2N2O.C2H6/c15-13-3-2-12(10-14(13)16)19-11-4-8-18(9-5-11)7-1-6-17;1-2/h2-3,10-11H,1,4-9,17H2;1-2H3. The van der Waals surface area contributed by atoms with E-state index in [1.807, 2.05) is 19.9 Å². The molecule has 0 atom stereocenters. The third kappa shape index (κ3) is 6.43. The first-order valence-corrected chi connectivity index (χ1v) is 8.49. The van der Waals surface area contributed by atoms with Gasteiger partial charge in [-0.3, -0.25) is 0 Å². The van der Waals surface area contributed by atoms with Crippen molar-refractivity contribution in [2.24, 2.45) is 5.73 Å². The van der Waals surface area contributed by atoms with Crippen molar-refractivity contribution in [3.63, 3.8) is 0 Å². The number of halogens is 2. The molecule has 1 fully saturated rings. The van der Waals surface area contributed by atoms with Gasteiger partial charge in [0.2, 0.25) is 0 Å². The Morgan fingerprint density at radius 1 is 1.19 bits per heavy atom. The second kappa shape index (κ2) is 10.3. The van der Waals surface area contributed by atoms with Crippen LogP contribution in [0.5, 0.6) is 5.75 Å². The van der Waals surface area contributed by atoms with Crippen LogP contribution in [0.25, 0.3) is 0 Å². The Labute approximate surface area is 138 Å². The lowest BCUT2D eigenvalue weighted by Gasteiger charge is -2.32. The van der Waals surface area contributed by atoms with Crippen LogP contribution < -0.4 is 10.5 Å². The number of piperidine rings is 1. The van der Waals surface area contributed by atoms with Crippen molar-refractivity contribution >= 4 is 23.2 Å². The molecular formula is C16H26Cl2N2O. The average Bonchev–Trinajstić information content (AvgIpc) is 2.52. The van der Waals surface area contributed by atoms with Gasteiger partial charge in [-0.1, -0.05) is 37.0 Å². The van der Waals surface area contributed by atoms with E-state index in [4.69, 9.17) is 33.7 Å². The van der Waals surface area contributed by atoms with E-state index in [1.54, 1.807) is 12.1 Å². The van der Waals surface area contributed by atoms with E-state index in [0.29, 0.717) is 10.0 Å². The lowest BCUT2D eigenvalue weighted by molar-refractivity contribution is 0.100. The molecule has 0 aromatic heterocycles. The van der Waals surface area contributed by atoms with Crippen LogP contribution in [0.3, 0.4) is 0 Å². The van der Waals surface area contributed by atoms with E-state index >= 15 is 0 Å². The number of likely N-dealkylation sites (tertiary alicyclic amines) is 1. The van der Waals surface area contributed by atoms with Crippen molar-refractivity contribution < 1.29 is 4.74 Å². The van der Waals surface area contributed by atoms with E-state index in [1.165, 1.54) is 0 Å². The van der Waals surface area contributed by atoms with Crippen molar-refractivity contribution in [3.05, 3.63) is 28.2 Å². The van der Waals surface area contributed by atoms with Gasteiger partial charge in [0.15, 0.2) is 0 Å². The van der Waals surface area contributed by atoms with E-state index in [2.05, 4.69) is 4.90 Å². The number of hydrogen-bond acceptors (Lipinski definition) is 3. The van der Waals surface area contributed by atoms with Gasteiger partial charge in [0.1, 0.15) is 11.9 Å². The lowest BCUT2D eigenvalue weighted by atomic mass is 10.1. The van der Waals surface area contributed by atoms with Crippen molar-refractivity contribution in [1.82, 2.24) is 4.90 Å². The highest BCUT2D eigenvalue weighted by molar-refractivity contribution is 6.42. The molecule has 0 amide bonds. The van der Waals surface area contributed by atoms with Gasteiger partial charge in [-0.05, 0) is 44.5 Å². The molecule has 2 N–H and O–H groups in total. The van der Waals surface area contributed by atoms with E-state index in [9.17, 15) is 0 Å². The number of nitrogens with zero attached hydrogens (tertiary/aromatic N) is 1. The van der Waals surface area contributed by atoms with Gasteiger partial charge in [0.05, 0.1) is 10.0 Å². The molecule has 0 aliphatic carbocycles. The second-order valence-corrected chi connectivity index (χ2v) is 5.69. The highest BCUT2D eigenvalue weighted by atomic mass is 35.5. The van der Waals surface area contributed by atoms with Gasteiger partial charge in [0, 0.05) is 19.2 Å². The predicted octanol–water partition coefficient (Wildman–Crippen LogP) is 4.21. The maximum atomic E-state index is 5.98. The Kier molecular flexibility index (Phi) is 9.09. The summed E-state index contributed by atoms with van der Waals surface area (Å²) >= 11 is 11.9. The molecule has 1 saturated heterocycles. The number of hydrogen-bond donors (Lipinski definition) is 1. The second-order valence-electron chi connectivity index (χ2n) is 4.88. The van der Waals surface area contributed by atoms with Crippen LogP contribution in [0, 0.1) is 0 Å². The zero-order valence-corrected chi connectivity index (χ0v) is 14.5. The normalized spacial score (nSPS) is 16.2. The Bertz CT molecular complexity index is 407. The smallest absolute Gasteiger partial charge is 0.121 e. The van der Waals surface area contributed by atoms with Gasteiger partial charge in [-0.25, -0.2) is 0 Å². The third-order valence-electron chi connectivity index (χ3n) is 3.41. The van der Waals surface area contributed by atoms with Crippen molar-refractivity contribution in [2.75, 3.05) is 26.2 Å². The van der Waals surface area contributed by atoms with Crippen LogP contribution in [0.4, 0.5) is 0 Å². The molecule has 5 heteroatoms. The lowest BCUT2D eigenvalue weighted by Crippen LogP contribution is -2.39. The quantitative estimate of drug-likeness (QED) is 0.877. The monoisotopic (exact) mass is 332 g/mol. The molecule has 1 aromatic carbocycles. The van der Waals surface area contributed by atoms with Gasteiger partial charge in [0.25, 0.3) is 0 Å². The van der Waals surface area contributed by atoms with Crippen LogP contribution in [0.2, 0.25) is 10.0 Å². The third-order valence-corrected chi connectivity index (χ3v) is 4.15. The van der Waals surface area contributed by atoms with E-state index in [-0.39, 0.29) is 6.10 Å². The highest BCUT2D eigenvalue weighted by Gasteiger charge is 2.20. The fourth-order valence-electron chi connectivity index (χ4n) is 2.31. The van der Waals surface area contributed by atoms with E-state index < -0.39 is 0 Å². The molecule has 0 radical (unpaired) electrons. The molecule has 1 heterocycles. The van der Waals surface area contributed by atoms with Gasteiger partial charge < -0.3 is 15.4 Å². The molecule has 1 aliphatic heterocycles. The maximum absolute atomic E-state index is 5.98. The predicted molar refractivity (Wildman–Crippen MR) is 91.6 cm³/mol. The molecule has 1 aliphatic rings. The van der Waals surface area contributed by atoms with Crippen LogP contribution in [-0.4, -0.2) is 37.2 Å². The summed E-state index contributed by atoms with van der Waals surface area (Å²) < 4.78 is 5.95. The summed E-state index contributed by atoms with van der Waals surface area (Å²) in [6.07, 6.45) is 3.43. The zero-order valence-electron chi connectivity index (χ0n) is 12.9. The summed E-state index contributed by atoms with van der Waals surface area (Å²) in [5.74, 6) is 0.801. The summed E-state index contributed by atoms with van der Waals surface area (Å²) in [5, 5.41) is 1.10. The fourth-order valence-corrected chi connectivity index (χ4v) is 2.60. The molecule has 0 spiro atoms. The van der Waals surface area contributed by atoms with Gasteiger partial charge in [-0.2, -0.15) is 0 Å². The highest BCUT2D eigenvalue weighted by Crippen LogP contribution is 2.28. The molecule has 0 bridgehead atoms. The van der Waals surface area contributed by atoms with Crippen LogP contribution in [0.1, 0.15) is 33.1 Å².